The van der Waals surface area contributed by atoms with Gasteiger partial charge in [0.15, 0.2) is 6.56 Å². The van der Waals surface area contributed by atoms with Crippen LogP contribution in [0.2, 0.25) is 5.82 Å². The Morgan fingerprint density at radius 1 is 1.06 bits per heavy atom. The molecule has 3 unspecified atom stereocenters. The molecule has 2 heteroatoms. The van der Waals surface area contributed by atoms with Crippen LogP contribution in [0.25, 0.3) is 0 Å². The topological polar surface area (TPSA) is 0 Å². The van der Waals surface area contributed by atoms with Crippen molar-refractivity contribution >= 4 is 19.0 Å². The van der Waals surface area contributed by atoms with Gasteiger partial charge in [0.25, 0.3) is 0 Å². The van der Waals surface area contributed by atoms with E-state index in [1.54, 1.807) is 0 Å². The van der Waals surface area contributed by atoms with Crippen LogP contribution in [0.3, 0.4) is 0 Å². The molecule has 0 amide bonds. The van der Waals surface area contributed by atoms with E-state index in [1.807, 2.05) is 0 Å². The highest BCUT2D eigenvalue weighted by Gasteiger charge is 2.37. The summed E-state index contributed by atoms with van der Waals surface area (Å²) in [5, 5.41) is 0. The smallest absolute Gasteiger partial charge is 0.190 e. The lowest BCUT2D eigenvalue weighted by molar-refractivity contribution is 0.244. The van der Waals surface area contributed by atoms with Gasteiger partial charge in [-0.1, -0.05) is 60.2 Å². The molecule has 0 radical (unpaired) electrons. The summed E-state index contributed by atoms with van der Waals surface area (Å²) in [7, 11) is 0. The second-order valence-electron chi connectivity index (χ2n) is 8.53. The first-order valence-corrected chi connectivity index (χ1v) is 8.41. The molecule has 3 atom stereocenters. The van der Waals surface area contributed by atoms with Crippen molar-refractivity contribution in [1.82, 2.24) is 0 Å². The molecule has 0 bridgehead atoms. The Hall–Kier alpha value is 0.415. The third kappa shape index (κ3) is 5.19. The van der Waals surface area contributed by atoms with Crippen molar-refractivity contribution in [3.8, 4) is 0 Å². The lowest BCUT2D eigenvalue weighted by Crippen LogP contribution is -2.18. The molecule has 0 aliphatic heterocycles. The molecule has 0 spiro atoms. The van der Waals surface area contributed by atoms with E-state index in [9.17, 15) is 0 Å². The van der Waals surface area contributed by atoms with E-state index in [0.29, 0.717) is 10.8 Å². The van der Waals surface area contributed by atoms with Crippen LogP contribution in [0, 0.1) is 22.7 Å². The Kier molecular flexibility index (Phi) is 5.71. The first kappa shape index (κ1) is 16.5. The Labute approximate surface area is 121 Å². The van der Waals surface area contributed by atoms with Gasteiger partial charge in [0.1, 0.15) is 0 Å². The van der Waals surface area contributed by atoms with Gasteiger partial charge in [0.05, 0.1) is 0 Å². The van der Waals surface area contributed by atoms with Crippen LogP contribution in [-0.4, -0.2) is 6.56 Å². The van der Waals surface area contributed by atoms with Crippen LogP contribution in [-0.2, 0) is 0 Å². The number of rotatable bonds is 5. The second kappa shape index (κ2) is 6.24. The van der Waals surface area contributed by atoms with Gasteiger partial charge >= 0.3 is 0 Å². The van der Waals surface area contributed by atoms with E-state index in [-0.39, 0.29) is 0 Å². The lowest BCUT2D eigenvalue weighted by Gasteiger charge is -2.29. The molecule has 0 aromatic carbocycles. The quantitative estimate of drug-likeness (QED) is 0.504. The van der Waals surface area contributed by atoms with Crippen molar-refractivity contribution in [3.05, 3.63) is 0 Å². The summed E-state index contributed by atoms with van der Waals surface area (Å²) >= 11 is 4.61. The molecule has 1 rings (SSSR count). The summed E-state index contributed by atoms with van der Waals surface area (Å²) in [6, 6.07) is 0. The minimum absolute atomic E-state index is 0.487. The highest BCUT2D eigenvalue weighted by molar-refractivity contribution is 8.07. The number of hydrogen-bond donors (Lipinski definition) is 1. The van der Waals surface area contributed by atoms with Crippen LogP contribution < -0.4 is 0 Å². The standard InChI is InChI=1S/C16H33BS/c1-7-16(5,6)11-13-8-12(9-14(13)17-18)10-15(2,3)4/h12-14,17-18H,7-11H2,1-6H3. The minimum atomic E-state index is 0.487. The van der Waals surface area contributed by atoms with E-state index >= 15 is 0 Å². The number of thiol groups is 1. The SMILES string of the molecule is CCC(C)(C)CC1CC(CC(C)(C)C)CC1BS. The van der Waals surface area contributed by atoms with Gasteiger partial charge in [0.2, 0.25) is 0 Å². The van der Waals surface area contributed by atoms with Crippen LogP contribution >= 0.6 is 12.5 Å². The molecule has 0 heterocycles. The van der Waals surface area contributed by atoms with Crippen LogP contribution in [0.15, 0.2) is 0 Å². The molecule has 1 aliphatic rings. The van der Waals surface area contributed by atoms with Crippen molar-refractivity contribution in [2.75, 3.05) is 0 Å². The normalized spacial score (nSPS) is 29.6. The second-order valence-corrected chi connectivity index (χ2v) is 8.89. The van der Waals surface area contributed by atoms with Crippen LogP contribution in [0.4, 0.5) is 0 Å². The van der Waals surface area contributed by atoms with Crippen molar-refractivity contribution < 1.29 is 0 Å². The molecule has 0 N–H and O–H groups in total. The summed E-state index contributed by atoms with van der Waals surface area (Å²) < 4.78 is 0. The van der Waals surface area contributed by atoms with Gasteiger partial charge in [-0.3, -0.25) is 0 Å². The molecule has 0 aromatic heterocycles. The van der Waals surface area contributed by atoms with Gasteiger partial charge in [-0.2, -0.15) is 0 Å². The van der Waals surface area contributed by atoms with E-state index < -0.39 is 0 Å². The maximum absolute atomic E-state index is 4.61. The van der Waals surface area contributed by atoms with E-state index in [1.165, 1.54) is 32.1 Å². The first-order valence-electron chi connectivity index (χ1n) is 7.78. The third-order valence-corrected chi connectivity index (χ3v) is 5.32. The Balaban J connectivity index is 2.58. The zero-order valence-electron chi connectivity index (χ0n) is 13.4. The zero-order valence-corrected chi connectivity index (χ0v) is 14.3. The lowest BCUT2D eigenvalue weighted by atomic mass is 9.70. The minimum Gasteiger partial charge on any atom is -0.231 e. The maximum Gasteiger partial charge on any atom is 0.190 e. The fraction of sp³-hybridized carbons (Fsp3) is 1.00. The summed E-state index contributed by atoms with van der Waals surface area (Å²) in [5.74, 6) is 2.73. The van der Waals surface area contributed by atoms with Crippen LogP contribution in [0.5, 0.6) is 0 Å². The Morgan fingerprint density at radius 3 is 2.11 bits per heavy atom. The molecule has 0 nitrogen and oxygen atoms in total. The van der Waals surface area contributed by atoms with Gasteiger partial charge in [-0.15, -0.1) is 0 Å². The fourth-order valence-corrected chi connectivity index (χ4v) is 4.15. The van der Waals surface area contributed by atoms with Gasteiger partial charge in [-0.25, -0.2) is 12.5 Å². The molecule has 1 saturated carbocycles. The summed E-state index contributed by atoms with van der Waals surface area (Å²) in [5.41, 5.74) is 1.00. The highest BCUT2D eigenvalue weighted by Crippen LogP contribution is 2.49. The molecule has 0 aromatic rings. The molecular weight excluding hydrogens is 235 g/mol. The van der Waals surface area contributed by atoms with Crippen LogP contribution in [0.1, 0.15) is 73.6 Å². The summed E-state index contributed by atoms with van der Waals surface area (Å²) in [6.45, 7) is 15.4. The van der Waals surface area contributed by atoms with Crippen molar-refractivity contribution in [2.24, 2.45) is 22.7 Å². The largest absolute Gasteiger partial charge is 0.231 e. The molecule has 1 fully saturated rings. The van der Waals surface area contributed by atoms with E-state index in [0.717, 1.165) is 24.2 Å². The maximum atomic E-state index is 4.61. The molecule has 1 aliphatic carbocycles. The Bertz CT molecular complexity index is 254. The average Bonchev–Trinajstić information content (AvgIpc) is 2.56. The van der Waals surface area contributed by atoms with Gasteiger partial charge in [0, 0.05) is 0 Å². The molecule has 18 heavy (non-hydrogen) atoms. The van der Waals surface area contributed by atoms with E-state index in [4.69, 9.17) is 0 Å². The average molecular weight is 268 g/mol. The molecule has 106 valence electrons. The predicted octanol–water partition coefficient (Wildman–Crippen LogP) is 5.34. The van der Waals surface area contributed by atoms with Gasteiger partial charge < -0.3 is 0 Å². The molecular formula is C16H33BS. The van der Waals surface area contributed by atoms with Crippen molar-refractivity contribution in [1.29, 1.82) is 0 Å². The fourth-order valence-electron chi connectivity index (χ4n) is 3.70. The van der Waals surface area contributed by atoms with Crippen molar-refractivity contribution in [2.45, 2.75) is 79.5 Å². The van der Waals surface area contributed by atoms with Gasteiger partial charge in [-0.05, 0) is 41.9 Å². The van der Waals surface area contributed by atoms with Crippen molar-refractivity contribution in [3.63, 3.8) is 0 Å². The third-order valence-electron chi connectivity index (χ3n) is 4.85. The predicted molar refractivity (Wildman–Crippen MR) is 88.9 cm³/mol. The first-order chi connectivity index (χ1) is 8.17. The summed E-state index contributed by atoms with van der Waals surface area (Å²) in [6.07, 6.45) is 6.96. The monoisotopic (exact) mass is 268 g/mol. The Morgan fingerprint density at radius 2 is 1.67 bits per heavy atom. The summed E-state index contributed by atoms with van der Waals surface area (Å²) in [4.78, 5) is 0. The zero-order chi connectivity index (χ0) is 14.0. The molecule has 0 saturated heterocycles. The number of hydrogen-bond acceptors (Lipinski definition) is 1. The van der Waals surface area contributed by atoms with E-state index in [2.05, 4.69) is 54.0 Å². The highest BCUT2D eigenvalue weighted by atomic mass is 32.1.